The SMILES string of the molecule is CC(C)(CNC(=O)C1(CN)CCOCC1)c1ccccc1F. The summed E-state index contributed by atoms with van der Waals surface area (Å²) in [6, 6.07) is 6.67. The highest BCUT2D eigenvalue weighted by atomic mass is 19.1. The maximum atomic E-state index is 14.0. The first-order chi connectivity index (χ1) is 10.4. The van der Waals surface area contributed by atoms with Crippen molar-refractivity contribution in [2.75, 3.05) is 26.3 Å². The molecule has 5 heteroatoms. The molecule has 0 spiro atoms. The fourth-order valence-corrected chi connectivity index (χ4v) is 2.88. The number of nitrogens with two attached hydrogens (primary N) is 1. The summed E-state index contributed by atoms with van der Waals surface area (Å²) in [7, 11) is 0. The topological polar surface area (TPSA) is 64.4 Å². The smallest absolute Gasteiger partial charge is 0.227 e. The van der Waals surface area contributed by atoms with E-state index in [0.29, 0.717) is 44.7 Å². The van der Waals surface area contributed by atoms with Gasteiger partial charge in [0.15, 0.2) is 0 Å². The lowest BCUT2D eigenvalue weighted by Gasteiger charge is -2.36. The van der Waals surface area contributed by atoms with Gasteiger partial charge in [0.05, 0.1) is 5.41 Å². The van der Waals surface area contributed by atoms with Gasteiger partial charge in [-0.3, -0.25) is 4.79 Å². The van der Waals surface area contributed by atoms with Gasteiger partial charge >= 0.3 is 0 Å². The van der Waals surface area contributed by atoms with Crippen LogP contribution < -0.4 is 11.1 Å². The van der Waals surface area contributed by atoms with Gasteiger partial charge in [-0.15, -0.1) is 0 Å². The van der Waals surface area contributed by atoms with Crippen molar-refractivity contribution in [1.29, 1.82) is 0 Å². The Hall–Kier alpha value is -1.46. The number of hydrogen-bond donors (Lipinski definition) is 2. The predicted molar refractivity (Wildman–Crippen MR) is 84.0 cm³/mol. The molecule has 2 rings (SSSR count). The van der Waals surface area contributed by atoms with E-state index >= 15 is 0 Å². The molecule has 0 atom stereocenters. The van der Waals surface area contributed by atoms with Crippen LogP contribution in [0.1, 0.15) is 32.3 Å². The molecule has 4 nitrogen and oxygen atoms in total. The number of halogens is 1. The molecule has 1 fully saturated rings. The fraction of sp³-hybridized carbons (Fsp3) is 0.588. The van der Waals surface area contributed by atoms with Gasteiger partial charge in [-0.25, -0.2) is 4.39 Å². The molecule has 3 N–H and O–H groups in total. The molecule has 0 unspecified atom stereocenters. The molecule has 0 aromatic heterocycles. The molecular formula is C17H25FN2O2. The highest BCUT2D eigenvalue weighted by Crippen LogP contribution is 2.30. The number of carbonyl (C=O) groups is 1. The normalized spacial score (nSPS) is 18.0. The van der Waals surface area contributed by atoms with Crippen molar-refractivity contribution in [3.63, 3.8) is 0 Å². The third kappa shape index (κ3) is 3.47. The summed E-state index contributed by atoms with van der Waals surface area (Å²) in [6.07, 6.45) is 1.27. The van der Waals surface area contributed by atoms with Crippen molar-refractivity contribution in [3.05, 3.63) is 35.6 Å². The summed E-state index contributed by atoms with van der Waals surface area (Å²) >= 11 is 0. The van der Waals surface area contributed by atoms with E-state index in [4.69, 9.17) is 10.5 Å². The number of ether oxygens (including phenoxy) is 1. The molecular weight excluding hydrogens is 283 g/mol. The van der Waals surface area contributed by atoms with Gasteiger partial charge in [-0.1, -0.05) is 32.0 Å². The Morgan fingerprint density at radius 3 is 2.59 bits per heavy atom. The number of hydrogen-bond acceptors (Lipinski definition) is 3. The van der Waals surface area contributed by atoms with Crippen LogP contribution in [0.4, 0.5) is 4.39 Å². The molecule has 1 aromatic carbocycles. The standard InChI is InChI=1S/C17H25FN2O2/c1-16(2,13-5-3-4-6-14(13)18)12-20-15(21)17(11-19)7-9-22-10-8-17/h3-6H,7-12,19H2,1-2H3,(H,20,21). The lowest BCUT2D eigenvalue weighted by Crippen LogP contribution is -2.51. The van der Waals surface area contributed by atoms with Gasteiger partial charge in [-0.2, -0.15) is 0 Å². The average Bonchev–Trinajstić information content (AvgIpc) is 2.53. The van der Waals surface area contributed by atoms with Crippen molar-refractivity contribution in [2.45, 2.75) is 32.1 Å². The molecule has 1 heterocycles. The van der Waals surface area contributed by atoms with Gasteiger partial charge in [-0.05, 0) is 24.5 Å². The quantitative estimate of drug-likeness (QED) is 0.874. The lowest BCUT2D eigenvalue weighted by molar-refractivity contribution is -0.136. The number of amides is 1. The Kier molecular flexibility index (Phi) is 5.19. The minimum Gasteiger partial charge on any atom is -0.381 e. The van der Waals surface area contributed by atoms with Crippen molar-refractivity contribution < 1.29 is 13.9 Å². The molecule has 122 valence electrons. The monoisotopic (exact) mass is 308 g/mol. The first kappa shape index (κ1) is 16.9. The predicted octanol–water partition coefficient (Wildman–Crippen LogP) is 1.97. The summed E-state index contributed by atoms with van der Waals surface area (Å²) in [6.45, 7) is 5.63. The van der Waals surface area contributed by atoms with E-state index < -0.39 is 10.8 Å². The largest absolute Gasteiger partial charge is 0.381 e. The van der Waals surface area contributed by atoms with E-state index in [1.165, 1.54) is 6.07 Å². The van der Waals surface area contributed by atoms with Gasteiger partial charge in [0.25, 0.3) is 0 Å². The van der Waals surface area contributed by atoms with Crippen LogP contribution >= 0.6 is 0 Å². The minimum atomic E-state index is -0.552. The maximum absolute atomic E-state index is 14.0. The van der Waals surface area contributed by atoms with Gasteiger partial charge in [0, 0.05) is 31.7 Å². The summed E-state index contributed by atoms with van der Waals surface area (Å²) in [5, 5.41) is 2.97. The summed E-state index contributed by atoms with van der Waals surface area (Å²) < 4.78 is 19.3. The van der Waals surface area contributed by atoms with Gasteiger partial charge < -0.3 is 15.8 Å². The Morgan fingerprint density at radius 1 is 1.36 bits per heavy atom. The zero-order valence-electron chi connectivity index (χ0n) is 13.3. The lowest BCUT2D eigenvalue weighted by atomic mass is 9.78. The van der Waals surface area contributed by atoms with Crippen LogP contribution in [-0.2, 0) is 14.9 Å². The molecule has 1 aliphatic heterocycles. The Labute approximate surface area is 131 Å². The Morgan fingerprint density at radius 2 is 2.00 bits per heavy atom. The van der Waals surface area contributed by atoms with Gasteiger partial charge in [0.1, 0.15) is 5.82 Å². The first-order valence-corrected chi connectivity index (χ1v) is 7.72. The molecule has 0 bridgehead atoms. The van der Waals surface area contributed by atoms with E-state index in [-0.39, 0.29) is 11.7 Å². The van der Waals surface area contributed by atoms with Crippen molar-refractivity contribution in [1.82, 2.24) is 5.32 Å². The number of carbonyl (C=O) groups excluding carboxylic acids is 1. The highest BCUT2D eigenvalue weighted by Gasteiger charge is 2.39. The van der Waals surface area contributed by atoms with Crippen LogP contribution in [0.2, 0.25) is 0 Å². The molecule has 0 aliphatic carbocycles. The highest BCUT2D eigenvalue weighted by molar-refractivity contribution is 5.83. The number of nitrogens with one attached hydrogen (secondary N) is 1. The molecule has 1 saturated heterocycles. The minimum absolute atomic E-state index is 0.0530. The van der Waals surface area contributed by atoms with Crippen molar-refractivity contribution >= 4 is 5.91 Å². The van der Waals surface area contributed by atoms with Crippen molar-refractivity contribution in [3.8, 4) is 0 Å². The van der Waals surface area contributed by atoms with E-state index in [2.05, 4.69) is 5.32 Å². The Balaban J connectivity index is 2.05. The third-order valence-corrected chi connectivity index (χ3v) is 4.62. The molecule has 0 radical (unpaired) electrons. The average molecular weight is 308 g/mol. The number of rotatable bonds is 5. The van der Waals surface area contributed by atoms with Crippen LogP contribution in [-0.4, -0.2) is 32.2 Å². The maximum Gasteiger partial charge on any atom is 0.227 e. The van der Waals surface area contributed by atoms with E-state index in [9.17, 15) is 9.18 Å². The first-order valence-electron chi connectivity index (χ1n) is 7.72. The van der Waals surface area contributed by atoms with E-state index in [1.54, 1.807) is 12.1 Å². The van der Waals surface area contributed by atoms with Crippen LogP contribution in [0.15, 0.2) is 24.3 Å². The Bertz CT molecular complexity index is 525. The fourth-order valence-electron chi connectivity index (χ4n) is 2.88. The van der Waals surface area contributed by atoms with Crippen LogP contribution in [0.25, 0.3) is 0 Å². The summed E-state index contributed by atoms with van der Waals surface area (Å²) in [5.74, 6) is -0.302. The molecule has 0 saturated carbocycles. The van der Waals surface area contributed by atoms with Crippen LogP contribution in [0, 0.1) is 11.2 Å². The van der Waals surface area contributed by atoms with Crippen LogP contribution in [0.3, 0.4) is 0 Å². The second-order valence-electron chi connectivity index (χ2n) is 6.64. The summed E-state index contributed by atoms with van der Waals surface area (Å²) in [5.41, 5.74) is 5.40. The van der Waals surface area contributed by atoms with Crippen LogP contribution in [0.5, 0.6) is 0 Å². The number of benzene rings is 1. The molecule has 1 amide bonds. The van der Waals surface area contributed by atoms with Crippen molar-refractivity contribution in [2.24, 2.45) is 11.1 Å². The molecule has 22 heavy (non-hydrogen) atoms. The van der Waals surface area contributed by atoms with E-state index in [1.807, 2.05) is 19.9 Å². The van der Waals surface area contributed by atoms with E-state index in [0.717, 1.165) is 0 Å². The second-order valence-corrected chi connectivity index (χ2v) is 6.64. The third-order valence-electron chi connectivity index (χ3n) is 4.62. The molecule has 1 aliphatic rings. The zero-order chi connectivity index (χ0) is 16.2. The summed E-state index contributed by atoms with van der Waals surface area (Å²) in [4.78, 5) is 12.6. The molecule has 1 aromatic rings. The van der Waals surface area contributed by atoms with Gasteiger partial charge in [0.2, 0.25) is 5.91 Å². The second kappa shape index (κ2) is 6.75. The zero-order valence-corrected chi connectivity index (χ0v) is 13.3.